The molecule has 0 saturated heterocycles. The number of halogens is 1. The van der Waals surface area contributed by atoms with E-state index in [1.165, 1.54) is 19.3 Å². The fourth-order valence-corrected chi connectivity index (χ4v) is 2.31. The second-order valence-corrected chi connectivity index (χ2v) is 5.91. The van der Waals surface area contributed by atoms with Crippen LogP contribution in [-0.4, -0.2) is 31.0 Å². The predicted octanol–water partition coefficient (Wildman–Crippen LogP) is 3.95. The van der Waals surface area contributed by atoms with E-state index >= 15 is 0 Å². The van der Waals surface area contributed by atoms with Crippen molar-refractivity contribution in [2.24, 2.45) is 0 Å². The molecule has 2 N–H and O–H groups in total. The number of unbranched alkanes of at least 4 members (excludes halogenated alkanes) is 3. The number of aliphatic hydroxyl groups excluding tert-OH is 1. The average molecular weight is 314 g/mol. The van der Waals surface area contributed by atoms with Crippen LogP contribution in [0.25, 0.3) is 0 Å². The van der Waals surface area contributed by atoms with Gasteiger partial charge in [-0.25, -0.2) is 0 Å². The Kier molecular flexibility index (Phi) is 9.68. The van der Waals surface area contributed by atoms with Gasteiger partial charge in [0.1, 0.15) is 0 Å². The van der Waals surface area contributed by atoms with Crippen molar-refractivity contribution in [2.75, 3.05) is 19.8 Å². The third-order valence-electron chi connectivity index (χ3n) is 3.46. The molecule has 0 aliphatic carbocycles. The molecule has 2 atom stereocenters. The summed E-state index contributed by atoms with van der Waals surface area (Å²) in [6.45, 7) is 5.90. The van der Waals surface area contributed by atoms with Crippen LogP contribution in [0, 0.1) is 0 Å². The first-order chi connectivity index (χ1) is 10.1. The lowest BCUT2D eigenvalue weighted by atomic mass is 10.1. The zero-order valence-corrected chi connectivity index (χ0v) is 13.9. The second-order valence-electron chi connectivity index (χ2n) is 5.47. The molecule has 3 nitrogen and oxygen atoms in total. The second kappa shape index (κ2) is 11.0. The summed E-state index contributed by atoms with van der Waals surface area (Å²) >= 11 is 5.98. The summed E-state index contributed by atoms with van der Waals surface area (Å²) in [5, 5.41) is 13.9. The Hall–Kier alpha value is -0.610. The van der Waals surface area contributed by atoms with Crippen LogP contribution in [0.5, 0.6) is 0 Å². The first-order valence-corrected chi connectivity index (χ1v) is 8.26. The van der Waals surface area contributed by atoms with Gasteiger partial charge in [0.15, 0.2) is 0 Å². The van der Waals surface area contributed by atoms with Gasteiger partial charge in [-0.3, -0.25) is 0 Å². The van der Waals surface area contributed by atoms with Gasteiger partial charge in [0, 0.05) is 24.2 Å². The molecule has 0 aliphatic rings. The summed E-state index contributed by atoms with van der Waals surface area (Å²) in [5.41, 5.74) is 1.12. The van der Waals surface area contributed by atoms with Gasteiger partial charge in [-0.05, 0) is 31.0 Å². The van der Waals surface area contributed by atoms with E-state index in [9.17, 15) is 5.11 Å². The van der Waals surface area contributed by atoms with Crippen molar-refractivity contribution in [3.63, 3.8) is 0 Å². The van der Waals surface area contributed by atoms with Crippen LogP contribution in [-0.2, 0) is 4.74 Å². The van der Waals surface area contributed by atoms with E-state index < -0.39 is 6.10 Å². The predicted molar refractivity (Wildman–Crippen MR) is 88.8 cm³/mol. The molecule has 0 aromatic heterocycles. The quantitative estimate of drug-likeness (QED) is 0.608. The van der Waals surface area contributed by atoms with Gasteiger partial charge in [0.25, 0.3) is 0 Å². The van der Waals surface area contributed by atoms with Gasteiger partial charge in [0.2, 0.25) is 0 Å². The van der Waals surface area contributed by atoms with Gasteiger partial charge < -0.3 is 15.2 Å². The number of hydrogen-bond donors (Lipinski definition) is 2. The fourth-order valence-electron chi connectivity index (χ4n) is 2.12. The Morgan fingerprint density at radius 3 is 2.81 bits per heavy atom. The minimum Gasteiger partial charge on any atom is -0.389 e. The summed E-state index contributed by atoms with van der Waals surface area (Å²) in [5.74, 6) is 0. The molecule has 0 fully saturated rings. The lowest BCUT2D eigenvalue weighted by molar-refractivity contribution is 0.0343. The highest BCUT2D eigenvalue weighted by molar-refractivity contribution is 6.30. The van der Waals surface area contributed by atoms with E-state index in [1.54, 1.807) is 0 Å². The molecular formula is C17H28ClNO2. The smallest absolute Gasteiger partial charge is 0.0897 e. The van der Waals surface area contributed by atoms with Crippen LogP contribution >= 0.6 is 11.6 Å². The van der Waals surface area contributed by atoms with Crippen molar-refractivity contribution in [1.82, 2.24) is 5.32 Å². The van der Waals surface area contributed by atoms with E-state index in [0.717, 1.165) is 23.6 Å². The van der Waals surface area contributed by atoms with E-state index in [0.29, 0.717) is 13.2 Å². The lowest BCUT2D eigenvalue weighted by Crippen LogP contribution is -2.32. The summed E-state index contributed by atoms with van der Waals surface area (Å²) in [4.78, 5) is 0. The molecule has 0 amide bonds. The number of rotatable bonds is 11. The molecule has 1 aromatic carbocycles. The monoisotopic (exact) mass is 313 g/mol. The maximum absolute atomic E-state index is 9.89. The van der Waals surface area contributed by atoms with E-state index in [1.807, 2.05) is 24.3 Å². The van der Waals surface area contributed by atoms with Gasteiger partial charge in [0.05, 0.1) is 12.7 Å². The normalized spacial score (nSPS) is 14.1. The van der Waals surface area contributed by atoms with Gasteiger partial charge >= 0.3 is 0 Å². The van der Waals surface area contributed by atoms with Gasteiger partial charge in [-0.15, -0.1) is 0 Å². The third kappa shape index (κ3) is 8.42. The zero-order valence-electron chi connectivity index (χ0n) is 13.1. The highest BCUT2D eigenvalue weighted by Crippen LogP contribution is 2.17. The molecule has 21 heavy (non-hydrogen) atoms. The summed E-state index contributed by atoms with van der Waals surface area (Å²) in [6, 6.07) is 7.92. The van der Waals surface area contributed by atoms with Crippen molar-refractivity contribution in [3.05, 3.63) is 34.9 Å². The molecule has 0 spiro atoms. The molecule has 0 radical (unpaired) electrons. The Morgan fingerprint density at radius 1 is 1.29 bits per heavy atom. The average Bonchev–Trinajstić information content (AvgIpc) is 2.48. The maximum Gasteiger partial charge on any atom is 0.0897 e. The summed E-state index contributed by atoms with van der Waals surface area (Å²) < 4.78 is 5.49. The van der Waals surface area contributed by atoms with Crippen LogP contribution < -0.4 is 5.32 Å². The first-order valence-electron chi connectivity index (χ1n) is 7.88. The highest BCUT2D eigenvalue weighted by Gasteiger charge is 2.09. The van der Waals surface area contributed by atoms with Crippen LogP contribution in [0.4, 0.5) is 0 Å². The van der Waals surface area contributed by atoms with Crippen LogP contribution in [0.3, 0.4) is 0 Å². The SMILES string of the molecule is CCCCCCOCC(O)CN[C@H](C)c1cccc(Cl)c1. The van der Waals surface area contributed by atoms with Crippen molar-refractivity contribution in [3.8, 4) is 0 Å². The molecule has 0 saturated carbocycles. The molecule has 0 bridgehead atoms. The third-order valence-corrected chi connectivity index (χ3v) is 3.70. The maximum atomic E-state index is 9.89. The van der Waals surface area contributed by atoms with E-state index in [2.05, 4.69) is 19.2 Å². The van der Waals surface area contributed by atoms with E-state index in [-0.39, 0.29) is 6.04 Å². The summed E-state index contributed by atoms with van der Waals surface area (Å²) in [6.07, 6.45) is 4.29. The Bertz CT molecular complexity index is 387. The Morgan fingerprint density at radius 2 is 2.10 bits per heavy atom. The Labute approximate surface area is 133 Å². The minimum atomic E-state index is -0.474. The standard InChI is InChI=1S/C17H28ClNO2/c1-3-4-5-6-10-21-13-17(20)12-19-14(2)15-8-7-9-16(18)11-15/h7-9,11,14,17,19-20H,3-6,10,12-13H2,1-2H3/t14-,17?/m1/s1. The number of nitrogens with one attached hydrogen (secondary N) is 1. The van der Waals surface area contributed by atoms with Crippen molar-refractivity contribution < 1.29 is 9.84 Å². The molecule has 1 rings (SSSR count). The first kappa shape index (κ1) is 18.4. The van der Waals surface area contributed by atoms with E-state index in [4.69, 9.17) is 16.3 Å². The number of ether oxygens (including phenoxy) is 1. The molecule has 0 heterocycles. The molecular weight excluding hydrogens is 286 g/mol. The molecule has 4 heteroatoms. The molecule has 0 aliphatic heterocycles. The lowest BCUT2D eigenvalue weighted by Gasteiger charge is -2.18. The van der Waals surface area contributed by atoms with Crippen molar-refractivity contribution in [1.29, 1.82) is 0 Å². The van der Waals surface area contributed by atoms with Crippen molar-refractivity contribution >= 4 is 11.6 Å². The zero-order chi connectivity index (χ0) is 15.5. The summed E-state index contributed by atoms with van der Waals surface area (Å²) in [7, 11) is 0. The van der Waals surface area contributed by atoms with Crippen LogP contribution in [0.15, 0.2) is 24.3 Å². The molecule has 120 valence electrons. The number of aliphatic hydroxyl groups is 1. The van der Waals surface area contributed by atoms with Crippen molar-refractivity contribution in [2.45, 2.75) is 51.7 Å². The topological polar surface area (TPSA) is 41.5 Å². The minimum absolute atomic E-state index is 0.155. The Balaban J connectivity index is 2.13. The fraction of sp³-hybridized carbons (Fsp3) is 0.647. The number of benzene rings is 1. The van der Waals surface area contributed by atoms with Gasteiger partial charge in [-0.1, -0.05) is 49.9 Å². The largest absolute Gasteiger partial charge is 0.389 e. The van der Waals surface area contributed by atoms with Gasteiger partial charge in [-0.2, -0.15) is 0 Å². The number of hydrogen-bond acceptors (Lipinski definition) is 3. The highest BCUT2D eigenvalue weighted by atomic mass is 35.5. The molecule has 1 aromatic rings. The van der Waals surface area contributed by atoms with Crippen LogP contribution in [0.2, 0.25) is 5.02 Å². The molecule has 1 unspecified atom stereocenters. The van der Waals surface area contributed by atoms with Crippen LogP contribution in [0.1, 0.15) is 51.1 Å².